The molecule has 1 amide bonds. The van der Waals surface area contributed by atoms with Gasteiger partial charge >= 0.3 is 5.69 Å². The number of hydrogen-bond donors (Lipinski definition) is 1. The second-order valence-corrected chi connectivity index (χ2v) is 10.7. The van der Waals surface area contributed by atoms with Gasteiger partial charge in [0, 0.05) is 45.0 Å². The first-order chi connectivity index (χ1) is 20.1. The number of aromatic nitrogens is 3. The van der Waals surface area contributed by atoms with Crippen LogP contribution in [0.2, 0.25) is 0 Å². The quantitative estimate of drug-likeness (QED) is 0.431. The second kappa shape index (κ2) is 11.4. The Kier molecular flexibility index (Phi) is 7.85. The van der Waals surface area contributed by atoms with E-state index >= 15 is 4.39 Å². The van der Waals surface area contributed by atoms with Gasteiger partial charge in [-0.25, -0.2) is 23.1 Å². The summed E-state index contributed by atoms with van der Waals surface area (Å²) in [4.78, 5) is 40.8. The molecule has 0 radical (unpaired) electrons. The number of rotatable bonds is 6. The lowest BCUT2D eigenvalue weighted by Crippen LogP contribution is -2.54. The highest BCUT2D eigenvalue weighted by Crippen LogP contribution is 2.37. The van der Waals surface area contributed by atoms with Crippen molar-refractivity contribution < 1.29 is 18.7 Å². The van der Waals surface area contributed by atoms with Crippen LogP contribution in [0.5, 0.6) is 5.75 Å². The van der Waals surface area contributed by atoms with Crippen molar-refractivity contribution in [1.82, 2.24) is 24.3 Å². The summed E-state index contributed by atoms with van der Waals surface area (Å²) in [6.07, 6.45) is 4.74. The summed E-state index contributed by atoms with van der Waals surface area (Å²) < 4.78 is 32.2. The molecule has 1 atom stereocenters. The van der Waals surface area contributed by atoms with Crippen LogP contribution in [0, 0.1) is 11.6 Å². The van der Waals surface area contributed by atoms with Gasteiger partial charge in [0.05, 0.1) is 16.6 Å². The maximum atomic E-state index is 15.9. The Bertz CT molecular complexity index is 1690. The minimum absolute atomic E-state index is 0.0903. The molecule has 5 rings (SSSR count). The fourth-order valence-electron chi connectivity index (χ4n) is 5.79. The van der Waals surface area contributed by atoms with Gasteiger partial charge in [0.1, 0.15) is 23.1 Å². The molecule has 0 unspecified atom stereocenters. The fourth-order valence-corrected chi connectivity index (χ4v) is 5.79. The molecule has 220 valence electrons. The Morgan fingerprint density at radius 1 is 1.21 bits per heavy atom. The molecule has 0 saturated carbocycles. The maximum Gasteiger partial charge on any atom is 0.355 e. The number of likely N-dealkylation sites (N-methyl/N-ethyl adjacent to an activating group) is 1. The van der Waals surface area contributed by atoms with Gasteiger partial charge in [-0.05, 0) is 50.1 Å². The van der Waals surface area contributed by atoms with Gasteiger partial charge in [0.2, 0.25) is 5.91 Å². The van der Waals surface area contributed by atoms with Crippen molar-refractivity contribution in [3.8, 4) is 17.0 Å². The number of aromatic hydroxyl groups is 1. The summed E-state index contributed by atoms with van der Waals surface area (Å²) in [5.41, 5.74) is 0.993. The molecule has 9 nitrogen and oxygen atoms in total. The number of pyridine rings is 1. The lowest BCUT2D eigenvalue weighted by molar-refractivity contribution is -0.126. The maximum absolute atomic E-state index is 15.9. The molecule has 1 saturated heterocycles. The SMILES string of the molecule is C=CC(=O)N1CCN(c2nc(=O)n(C3=C(CCC)N(C)CC=C3C)c3nc(-c4c(O)cccc4F)c(F)cc23)[C@@H](C)C1. The fraction of sp³-hybridized carbons (Fsp3) is 0.355. The van der Waals surface area contributed by atoms with Crippen molar-refractivity contribution in [3.63, 3.8) is 0 Å². The number of nitrogens with zero attached hydrogens (tertiary/aromatic N) is 6. The molecule has 1 fully saturated rings. The molecule has 2 aliphatic rings. The number of fused-ring (bicyclic) bond motifs is 1. The van der Waals surface area contributed by atoms with E-state index in [2.05, 4.69) is 16.5 Å². The van der Waals surface area contributed by atoms with E-state index in [0.29, 0.717) is 38.3 Å². The molecule has 2 aromatic heterocycles. The monoisotopic (exact) mass is 576 g/mol. The zero-order valence-electron chi connectivity index (χ0n) is 24.2. The van der Waals surface area contributed by atoms with E-state index in [1.54, 1.807) is 4.90 Å². The van der Waals surface area contributed by atoms with E-state index < -0.39 is 34.3 Å². The van der Waals surface area contributed by atoms with Crippen molar-refractivity contribution >= 4 is 28.5 Å². The Morgan fingerprint density at radius 2 is 1.98 bits per heavy atom. The van der Waals surface area contributed by atoms with Gasteiger partial charge in [0.15, 0.2) is 11.5 Å². The number of carbonyl (C=O) groups is 1. The average Bonchev–Trinajstić information content (AvgIpc) is 2.95. The summed E-state index contributed by atoms with van der Waals surface area (Å²) >= 11 is 0. The summed E-state index contributed by atoms with van der Waals surface area (Å²) in [6.45, 7) is 11.1. The van der Waals surface area contributed by atoms with Crippen LogP contribution in [-0.4, -0.2) is 74.6 Å². The van der Waals surface area contributed by atoms with E-state index in [9.17, 15) is 19.1 Å². The molecule has 3 aromatic rings. The molecule has 2 aliphatic heterocycles. The largest absolute Gasteiger partial charge is 0.507 e. The normalized spacial score (nSPS) is 17.6. The van der Waals surface area contributed by atoms with E-state index in [1.165, 1.54) is 28.8 Å². The van der Waals surface area contributed by atoms with Crippen molar-refractivity contribution in [2.24, 2.45) is 0 Å². The van der Waals surface area contributed by atoms with Gasteiger partial charge in [0.25, 0.3) is 0 Å². The van der Waals surface area contributed by atoms with Crippen LogP contribution in [-0.2, 0) is 4.79 Å². The standard InChI is InChI=1S/C31H34F2N6O3/c1-6-9-23-28(18(3)12-13-36(23)5)39-30-20(16-22(33)27(34-30)26-21(32)10-8-11-24(26)40)29(35-31(39)42)38-15-14-37(17-19(38)4)25(41)7-2/h7-8,10-12,16,19,40H,2,6,9,13-15,17H2,1,3-5H3/t19-/m0/s1. The number of halogens is 2. The molecule has 1 N–H and O–H groups in total. The van der Waals surface area contributed by atoms with Gasteiger partial charge in [-0.1, -0.05) is 32.1 Å². The summed E-state index contributed by atoms with van der Waals surface area (Å²) in [5, 5.41) is 10.7. The highest BCUT2D eigenvalue weighted by Gasteiger charge is 2.31. The minimum Gasteiger partial charge on any atom is -0.507 e. The summed E-state index contributed by atoms with van der Waals surface area (Å²) in [6, 6.07) is 4.62. The van der Waals surface area contributed by atoms with Gasteiger partial charge in [-0.3, -0.25) is 4.79 Å². The van der Waals surface area contributed by atoms with E-state index in [4.69, 9.17) is 0 Å². The molecule has 11 heteroatoms. The van der Waals surface area contributed by atoms with Gasteiger partial charge < -0.3 is 19.8 Å². The summed E-state index contributed by atoms with van der Waals surface area (Å²) in [5.74, 6) is -2.17. The molecule has 42 heavy (non-hydrogen) atoms. The Hall–Kier alpha value is -4.54. The first kappa shape index (κ1) is 29.0. The Labute approximate surface area is 242 Å². The lowest BCUT2D eigenvalue weighted by atomic mass is 10.0. The zero-order chi connectivity index (χ0) is 30.3. The molecule has 0 aliphatic carbocycles. The Morgan fingerprint density at radius 3 is 2.64 bits per heavy atom. The lowest BCUT2D eigenvalue weighted by Gasteiger charge is -2.40. The van der Waals surface area contributed by atoms with Gasteiger partial charge in [-0.2, -0.15) is 4.98 Å². The van der Waals surface area contributed by atoms with Crippen molar-refractivity contribution in [3.05, 3.63) is 76.4 Å². The molecule has 4 heterocycles. The highest BCUT2D eigenvalue weighted by molar-refractivity contribution is 5.93. The van der Waals surface area contributed by atoms with Crippen molar-refractivity contribution in [2.45, 2.75) is 39.7 Å². The van der Waals surface area contributed by atoms with Crippen LogP contribution in [0.4, 0.5) is 14.6 Å². The predicted molar refractivity (Wildman–Crippen MR) is 159 cm³/mol. The number of hydrogen-bond acceptors (Lipinski definition) is 7. The smallest absolute Gasteiger partial charge is 0.355 e. The van der Waals surface area contributed by atoms with E-state index in [0.717, 1.165) is 23.8 Å². The van der Waals surface area contributed by atoms with Crippen LogP contribution in [0.25, 0.3) is 28.0 Å². The number of phenols is 1. The van der Waals surface area contributed by atoms with Crippen LogP contribution in [0.1, 0.15) is 33.6 Å². The number of allylic oxidation sites excluding steroid dienone is 3. The van der Waals surface area contributed by atoms with Crippen molar-refractivity contribution in [2.75, 3.05) is 38.1 Å². The second-order valence-electron chi connectivity index (χ2n) is 10.7. The number of amides is 1. The number of piperazine rings is 1. The molecule has 0 bridgehead atoms. The van der Waals surface area contributed by atoms with Crippen LogP contribution in [0.3, 0.4) is 0 Å². The van der Waals surface area contributed by atoms with E-state index in [1.807, 2.05) is 43.7 Å². The average molecular weight is 577 g/mol. The van der Waals surface area contributed by atoms with Gasteiger partial charge in [-0.15, -0.1) is 0 Å². The highest BCUT2D eigenvalue weighted by atomic mass is 19.1. The number of anilines is 1. The number of benzene rings is 1. The van der Waals surface area contributed by atoms with Crippen LogP contribution < -0.4 is 10.6 Å². The van der Waals surface area contributed by atoms with Crippen molar-refractivity contribution in [1.29, 1.82) is 0 Å². The third-order valence-corrected chi connectivity index (χ3v) is 7.91. The molecule has 0 spiro atoms. The topological polar surface area (TPSA) is 94.8 Å². The third-order valence-electron chi connectivity index (χ3n) is 7.91. The number of phenolic OH excluding ortho intramolecular Hbond substituents is 1. The van der Waals surface area contributed by atoms with E-state index in [-0.39, 0.29) is 28.8 Å². The van der Waals surface area contributed by atoms with Crippen LogP contribution >= 0.6 is 0 Å². The molecular weight excluding hydrogens is 542 g/mol. The molecule has 1 aromatic carbocycles. The first-order valence-electron chi connectivity index (χ1n) is 14.0. The molecular formula is C31H34F2N6O3. The van der Waals surface area contributed by atoms with Crippen LogP contribution in [0.15, 0.2) is 59.1 Å². The third kappa shape index (κ3) is 4.93. The minimum atomic E-state index is -0.875. The Balaban J connectivity index is 1.82. The first-order valence-corrected chi connectivity index (χ1v) is 14.0. The number of carbonyl (C=O) groups excluding carboxylic acids is 1. The summed E-state index contributed by atoms with van der Waals surface area (Å²) in [7, 11) is 1.94. The predicted octanol–water partition coefficient (Wildman–Crippen LogP) is 4.53. The zero-order valence-corrected chi connectivity index (χ0v) is 24.2.